The Morgan fingerprint density at radius 1 is 0.109 bits per heavy atom. The smallest absolute Gasteiger partial charge is 0.200 e. The Labute approximate surface area is 526 Å². The monoisotopic (exact) mass is 1500 g/mol. The molecule has 40 heteroatoms. The highest BCUT2D eigenvalue weighted by molar-refractivity contribution is 5.92. The molecule has 0 fully saturated rings. The van der Waals surface area contributed by atoms with Crippen LogP contribution in [0.5, 0.6) is 0 Å². The normalized spacial score (nSPS) is 11.8. The summed E-state index contributed by atoms with van der Waals surface area (Å²) >= 11 is 0. The number of hydrogen-bond donors (Lipinski definition) is 0. The average Bonchev–Trinajstić information content (AvgIpc) is 0.705. The van der Waals surface area contributed by atoms with Crippen molar-refractivity contribution in [2.45, 2.75) is 6.92 Å². The molecule has 0 aromatic heterocycles. The minimum absolute atomic E-state index is 0.199. The van der Waals surface area contributed by atoms with Crippen LogP contribution in [-0.4, -0.2) is 0 Å². The molecule has 0 heterocycles. The van der Waals surface area contributed by atoms with Gasteiger partial charge in [0.2, 0.25) is 17.5 Å². The highest BCUT2D eigenvalue weighted by Gasteiger charge is 2.46. The Kier molecular flexibility index (Phi) is 18.1. The molecule has 0 spiro atoms. The standard InChI is InChI=1S/C61H4F40/c1-3-6(7-4(62)2-5(63)25(65)33(7)73)32(72)34(74)8(24(3)64)9-26(66)10(28(68)12(27(9)67)15-35(75)41(81)18(42(82)36(15)76)21-47(87)53(93)59(99)54(94)48(21)88)11-29(69)13(16-37(77)43(83)19(44(84)38(16)78)22-49(89)55(95)60(100)56(96)50(22)90)31(71)14(30(11)70)17-39(79)45(85)20(46(86)40(17)80)23-51(91)57(97)61(101)58(98)52(23)92/h2H,1H3. The van der Waals surface area contributed by atoms with Crippen LogP contribution in [0.15, 0.2) is 6.07 Å². The third-order valence-corrected chi connectivity index (χ3v) is 15.0. The van der Waals surface area contributed by atoms with Crippen LogP contribution in [0, 0.1) is 240 Å². The van der Waals surface area contributed by atoms with Crippen molar-refractivity contribution in [3.63, 3.8) is 0 Å². The lowest BCUT2D eigenvalue weighted by molar-refractivity contribution is 0.379. The van der Waals surface area contributed by atoms with Gasteiger partial charge in [0.15, 0.2) is 169 Å². The molecule has 10 rings (SSSR count). The van der Waals surface area contributed by atoms with Crippen molar-refractivity contribution in [1.29, 1.82) is 0 Å². The third kappa shape index (κ3) is 9.99. The Hall–Kier alpha value is -10.6. The second-order valence-corrected chi connectivity index (χ2v) is 20.1. The van der Waals surface area contributed by atoms with Crippen LogP contribution in [0.3, 0.4) is 0 Å². The molecule has 0 atom stereocenters. The molecule has 101 heavy (non-hydrogen) atoms. The van der Waals surface area contributed by atoms with Gasteiger partial charge >= 0.3 is 0 Å². The van der Waals surface area contributed by atoms with Gasteiger partial charge in [0.05, 0.1) is 94.6 Å². The van der Waals surface area contributed by atoms with E-state index in [2.05, 4.69) is 0 Å². The second kappa shape index (κ2) is 24.9. The third-order valence-electron chi connectivity index (χ3n) is 15.0. The van der Waals surface area contributed by atoms with Crippen molar-refractivity contribution in [2.24, 2.45) is 0 Å². The van der Waals surface area contributed by atoms with Crippen molar-refractivity contribution < 1.29 is 176 Å². The molecular formula is C61H4F40. The molecule has 0 unspecified atom stereocenters. The van der Waals surface area contributed by atoms with E-state index in [-0.39, 0.29) is 6.92 Å². The fourth-order valence-corrected chi connectivity index (χ4v) is 10.4. The molecule has 0 saturated heterocycles. The van der Waals surface area contributed by atoms with Crippen LogP contribution in [0.1, 0.15) is 5.56 Å². The maximum atomic E-state index is 17.9. The molecule has 0 nitrogen and oxygen atoms in total. The van der Waals surface area contributed by atoms with E-state index in [4.69, 9.17) is 0 Å². The molecule has 10 aromatic carbocycles. The minimum Gasteiger partial charge on any atom is -0.206 e. The van der Waals surface area contributed by atoms with Gasteiger partial charge in [0.25, 0.3) is 0 Å². The Morgan fingerprint density at radius 3 is 0.406 bits per heavy atom. The minimum atomic E-state index is -4.21. The first-order valence-electron chi connectivity index (χ1n) is 25.4. The SMILES string of the molecule is Cc1c(F)c(-c2c(F)c(-c3c(F)c(F)c(-c4c(F)c(F)c(F)c(F)c4F)c(F)c3F)c(F)c(-c3c(F)c(-c4c(F)c(F)c(-c5c(F)c(F)c(F)c(F)c5F)c(F)c4F)c(F)c(-c4c(F)c(F)c(-c5c(F)c(F)c(F)c(F)c5F)c(F)c4F)c3F)c2F)c(F)c(F)c1-c1c(F)cc(F)c(F)c1F. The second-order valence-electron chi connectivity index (χ2n) is 20.1. The predicted octanol–water partition coefficient (Wildman–Crippen LogP) is 22.6. The summed E-state index contributed by atoms with van der Waals surface area (Å²) < 4.78 is 632. The summed E-state index contributed by atoms with van der Waals surface area (Å²) in [6.45, 7) is -0.199. The number of hydrogen-bond acceptors (Lipinski definition) is 0. The number of halogens is 40. The van der Waals surface area contributed by atoms with Gasteiger partial charge in [0, 0.05) is 11.6 Å². The van der Waals surface area contributed by atoms with Gasteiger partial charge in [-0.15, -0.1) is 0 Å². The van der Waals surface area contributed by atoms with Gasteiger partial charge in [-0.1, -0.05) is 0 Å². The quantitative estimate of drug-likeness (QED) is 0.0768. The first-order valence-corrected chi connectivity index (χ1v) is 25.4. The lowest BCUT2D eigenvalue weighted by atomic mass is 9.84. The predicted molar refractivity (Wildman–Crippen MR) is 258 cm³/mol. The molecule has 0 bridgehead atoms. The Balaban J connectivity index is 1.47. The van der Waals surface area contributed by atoms with Crippen LogP contribution in [0.4, 0.5) is 176 Å². The van der Waals surface area contributed by atoms with Gasteiger partial charge in [-0.3, -0.25) is 0 Å². The number of benzene rings is 10. The molecular weight excluding hydrogens is 1490 g/mol. The molecule has 10 aromatic rings. The van der Waals surface area contributed by atoms with Gasteiger partial charge in [-0.2, -0.15) is 0 Å². The topological polar surface area (TPSA) is 0 Å². The lowest BCUT2D eigenvalue weighted by Gasteiger charge is -2.23. The van der Waals surface area contributed by atoms with E-state index in [0.29, 0.717) is 0 Å². The van der Waals surface area contributed by atoms with Crippen molar-refractivity contribution >= 4 is 0 Å². The van der Waals surface area contributed by atoms with E-state index in [1.54, 1.807) is 0 Å². The van der Waals surface area contributed by atoms with Gasteiger partial charge in [-0.25, -0.2) is 176 Å². The molecule has 0 radical (unpaired) electrons. The first kappa shape index (κ1) is 73.1. The van der Waals surface area contributed by atoms with Crippen molar-refractivity contribution in [1.82, 2.24) is 0 Å². The summed E-state index contributed by atoms with van der Waals surface area (Å²) in [5.74, 6) is -144. The van der Waals surface area contributed by atoms with Crippen molar-refractivity contribution in [2.75, 3.05) is 0 Å². The summed E-state index contributed by atoms with van der Waals surface area (Å²) in [4.78, 5) is 0. The zero-order valence-corrected chi connectivity index (χ0v) is 46.2. The first-order chi connectivity index (χ1) is 46.8. The van der Waals surface area contributed by atoms with Crippen LogP contribution in [-0.2, 0) is 0 Å². The summed E-state index contributed by atoms with van der Waals surface area (Å²) in [5, 5.41) is 0. The molecule has 0 aliphatic heterocycles. The van der Waals surface area contributed by atoms with E-state index in [1.165, 1.54) is 0 Å². The fourth-order valence-electron chi connectivity index (χ4n) is 10.4. The fraction of sp³-hybridized carbons (Fsp3) is 0.0164. The van der Waals surface area contributed by atoms with E-state index < -0.39 is 344 Å². The van der Waals surface area contributed by atoms with Crippen LogP contribution >= 0.6 is 0 Å². The largest absolute Gasteiger partial charge is 0.206 e. The summed E-state index contributed by atoms with van der Waals surface area (Å²) in [7, 11) is 0. The Morgan fingerprint density at radius 2 is 0.228 bits per heavy atom. The van der Waals surface area contributed by atoms with E-state index in [1.807, 2.05) is 0 Å². The highest BCUT2D eigenvalue weighted by atomic mass is 19.2. The average molecular weight is 1500 g/mol. The molecule has 0 N–H and O–H groups in total. The van der Waals surface area contributed by atoms with Gasteiger partial charge in [-0.05, 0) is 12.5 Å². The van der Waals surface area contributed by atoms with Crippen LogP contribution < -0.4 is 0 Å². The van der Waals surface area contributed by atoms with E-state index in [0.717, 1.165) is 0 Å². The maximum Gasteiger partial charge on any atom is 0.200 e. The molecule has 528 valence electrons. The molecule has 0 aliphatic rings. The van der Waals surface area contributed by atoms with E-state index in [9.17, 15) is 48.3 Å². The maximum absolute atomic E-state index is 17.9. The summed E-state index contributed by atoms with van der Waals surface area (Å²) in [6, 6.07) is -0.744. The lowest BCUT2D eigenvalue weighted by Crippen LogP contribution is -2.15. The van der Waals surface area contributed by atoms with Gasteiger partial charge < -0.3 is 0 Å². The van der Waals surface area contributed by atoms with Crippen LogP contribution in [0.25, 0.3) is 100 Å². The molecule has 0 saturated carbocycles. The number of rotatable bonds is 9. The van der Waals surface area contributed by atoms with Crippen molar-refractivity contribution in [3.8, 4) is 100 Å². The zero-order valence-electron chi connectivity index (χ0n) is 46.2. The summed E-state index contributed by atoms with van der Waals surface area (Å²) in [5.41, 5.74) is -64.2. The molecule has 0 amide bonds. The Bertz CT molecular complexity index is 5110. The van der Waals surface area contributed by atoms with Gasteiger partial charge in [0.1, 0.15) is 46.5 Å². The highest BCUT2D eigenvalue weighted by Crippen LogP contribution is 2.54. The van der Waals surface area contributed by atoms with Crippen LogP contribution in [0.2, 0.25) is 0 Å². The summed E-state index contributed by atoms with van der Waals surface area (Å²) in [6.07, 6.45) is 0. The zero-order chi connectivity index (χ0) is 75.8. The molecule has 0 aliphatic carbocycles. The van der Waals surface area contributed by atoms with Crippen molar-refractivity contribution in [3.05, 3.63) is 244 Å². The van der Waals surface area contributed by atoms with E-state index >= 15 is 127 Å².